The van der Waals surface area contributed by atoms with Gasteiger partial charge in [0, 0.05) is 24.6 Å². The van der Waals surface area contributed by atoms with Crippen LogP contribution in [0.25, 0.3) is 0 Å². The van der Waals surface area contributed by atoms with E-state index < -0.39 is 5.63 Å². The summed E-state index contributed by atoms with van der Waals surface area (Å²) in [6.07, 6.45) is 0.579. The van der Waals surface area contributed by atoms with E-state index in [0.29, 0.717) is 35.9 Å². The molecule has 0 radical (unpaired) electrons. The molecule has 0 N–H and O–H groups in total. The number of hydrogen-bond acceptors (Lipinski definition) is 5. The summed E-state index contributed by atoms with van der Waals surface area (Å²) in [6, 6.07) is 10.1. The van der Waals surface area contributed by atoms with Gasteiger partial charge >= 0.3 is 5.63 Å². The second-order valence-corrected chi connectivity index (χ2v) is 5.73. The van der Waals surface area contributed by atoms with Gasteiger partial charge in [0.05, 0.1) is 19.7 Å². The van der Waals surface area contributed by atoms with Crippen LogP contribution in [0, 0.1) is 6.92 Å². The van der Waals surface area contributed by atoms with Crippen molar-refractivity contribution in [3.63, 3.8) is 0 Å². The summed E-state index contributed by atoms with van der Waals surface area (Å²) in [6.45, 7) is 2.79. The first-order chi connectivity index (χ1) is 11.5. The van der Waals surface area contributed by atoms with Crippen molar-refractivity contribution in [2.45, 2.75) is 19.4 Å². The number of ether oxygens (including phenoxy) is 2. The van der Waals surface area contributed by atoms with E-state index in [1.165, 1.54) is 6.07 Å². The van der Waals surface area contributed by atoms with Crippen LogP contribution in [0.15, 0.2) is 45.6 Å². The Labute approximate surface area is 139 Å². The van der Waals surface area contributed by atoms with Crippen LogP contribution in [0.1, 0.15) is 22.5 Å². The molecule has 1 aliphatic heterocycles. The van der Waals surface area contributed by atoms with Gasteiger partial charge in [-0.15, -0.1) is 0 Å². The lowest BCUT2D eigenvalue weighted by molar-refractivity contribution is 0.0771. The second-order valence-electron chi connectivity index (χ2n) is 5.73. The number of carbonyl (C=O) groups excluding carboxylic acids is 1. The summed E-state index contributed by atoms with van der Waals surface area (Å²) in [7, 11) is 1.57. The largest absolute Gasteiger partial charge is 0.497 e. The molecule has 1 unspecified atom stereocenters. The van der Waals surface area contributed by atoms with Crippen molar-refractivity contribution in [2.24, 2.45) is 0 Å². The third-order valence-corrected chi connectivity index (χ3v) is 3.92. The molecule has 1 aromatic carbocycles. The van der Waals surface area contributed by atoms with Gasteiger partial charge in [0.2, 0.25) is 0 Å². The molecule has 24 heavy (non-hydrogen) atoms. The summed E-state index contributed by atoms with van der Waals surface area (Å²) < 4.78 is 15.9. The topological polar surface area (TPSA) is 69.0 Å². The zero-order valence-electron chi connectivity index (χ0n) is 13.7. The maximum atomic E-state index is 12.6. The minimum Gasteiger partial charge on any atom is -0.497 e. The first-order valence-corrected chi connectivity index (χ1v) is 7.77. The van der Waals surface area contributed by atoms with Crippen LogP contribution < -0.4 is 15.1 Å². The van der Waals surface area contributed by atoms with Gasteiger partial charge in [-0.2, -0.15) is 0 Å². The lowest BCUT2D eigenvalue weighted by atomic mass is 10.2. The SMILES string of the molecule is COc1cccc(C(=O)N2CCC(Oc3cc(C)oc(=O)c3)C2)c1. The van der Waals surface area contributed by atoms with Crippen molar-refractivity contribution < 1.29 is 18.7 Å². The molecule has 0 aliphatic carbocycles. The Hall–Kier alpha value is -2.76. The fourth-order valence-electron chi connectivity index (χ4n) is 2.78. The molecule has 0 bridgehead atoms. The highest BCUT2D eigenvalue weighted by Gasteiger charge is 2.28. The number of aryl methyl sites for hydroxylation is 1. The molecule has 0 saturated carbocycles. The predicted molar refractivity (Wildman–Crippen MR) is 87.6 cm³/mol. The van der Waals surface area contributed by atoms with E-state index in [1.807, 2.05) is 0 Å². The summed E-state index contributed by atoms with van der Waals surface area (Å²) in [5, 5.41) is 0. The molecule has 2 aromatic rings. The highest BCUT2D eigenvalue weighted by molar-refractivity contribution is 5.94. The van der Waals surface area contributed by atoms with Gasteiger partial charge in [-0.05, 0) is 25.1 Å². The zero-order valence-corrected chi connectivity index (χ0v) is 13.7. The van der Waals surface area contributed by atoms with Crippen LogP contribution in [0.3, 0.4) is 0 Å². The standard InChI is InChI=1S/C18H19NO5/c1-12-8-16(10-17(20)23-12)24-15-6-7-19(11-15)18(21)13-4-3-5-14(9-13)22-2/h3-5,8-10,15H,6-7,11H2,1-2H3. The molecular weight excluding hydrogens is 310 g/mol. The second kappa shape index (κ2) is 6.78. The Morgan fingerprint density at radius 2 is 2.08 bits per heavy atom. The van der Waals surface area contributed by atoms with Gasteiger partial charge in [-0.25, -0.2) is 4.79 Å². The normalized spacial score (nSPS) is 16.9. The van der Waals surface area contributed by atoms with E-state index in [0.717, 1.165) is 6.42 Å². The van der Waals surface area contributed by atoms with E-state index >= 15 is 0 Å². The third-order valence-electron chi connectivity index (χ3n) is 3.92. The Morgan fingerprint density at radius 3 is 2.83 bits per heavy atom. The fourth-order valence-corrected chi connectivity index (χ4v) is 2.78. The number of hydrogen-bond donors (Lipinski definition) is 0. The van der Waals surface area contributed by atoms with Crippen molar-refractivity contribution in [2.75, 3.05) is 20.2 Å². The molecule has 1 atom stereocenters. The van der Waals surface area contributed by atoms with Crippen LogP contribution >= 0.6 is 0 Å². The molecule has 126 valence electrons. The maximum absolute atomic E-state index is 12.6. The first-order valence-electron chi connectivity index (χ1n) is 7.77. The van der Waals surface area contributed by atoms with E-state index in [4.69, 9.17) is 13.9 Å². The van der Waals surface area contributed by atoms with Crippen molar-refractivity contribution in [3.05, 3.63) is 58.1 Å². The van der Waals surface area contributed by atoms with Crippen molar-refractivity contribution in [3.8, 4) is 11.5 Å². The van der Waals surface area contributed by atoms with Gasteiger partial charge in [0.1, 0.15) is 23.4 Å². The molecule has 3 rings (SSSR count). The predicted octanol–water partition coefficient (Wildman–Crippen LogP) is 2.25. The molecule has 0 spiro atoms. The van der Waals surface area contributed by atoms with Gasteiger partial charge in [0.15, 0.2) is 0 Å². The highest BCUT2D eigenvalue weighted by Crippen LogP contribution is 2.21. The number of carbonyl (C=O) groups is 1. The molecule has 2 heterocycles. The van der Waals surface area contributed by atoms with Gasteiger partial charge in [-0.3, -0.25) is 4.79 Å². The lowest BCUT2D eigenvalue weighted by Crippen LogP contribution is -2.31. The summed E-state index contributed by atoms with van der Waals surface area (Å²) in [5.41, 5.74) is 0.151. The average Bonchev–Trinajstić information content (AvgIpc) is 3.01. The number of amides is 1. The quantitative estimate of drug-likeness (QED) is 0.860. The van der Waals surface area contributed by atoms with Crippen molar-refractivity contribution in [1.82, 2.24) is 4.90 Å². The number of nitrogens with zero attached hydrogens (tertiary/aromatic N) is 1. The Bertz CT molecular complexity index is 798. The fraction of sp³-hybridized carbons (Fsp3) is 0.333. The Balaban J connectivity index is 1.66. The summed E-state index contributed by atoms with van der Waals surface area (Å²) in [4.78, 5) is 25.7. The van der Waals surface area contributed by atoms with E-state index in [-0.39, 0.29) is 12.0 Å². The van der Waals surface area contributed by atoms with Crippen LogP contribution in [-0.2, 0) is 0 Å². The monoisotopic (exact) mass is 329 g/mol. The molecule has 6 nitrogen and oxygen atoms in total. The number of methoxy groups -OCH3 is 1. The lowest BCUT2D eigenvalue weighted by Gasteiger charge is -2.17. The number of likely N-dealkylation sites (tertiary alicyclic amines) is 1. The molecular formula is C18H19NO5. The van der Waals surface area contributed by atoms with E-state index in [1.54, 1.807) is 49.3 Å². The van der Waals surface area contributed by atoms with Gasteiger partial charge < -0.3 is 18.8 Å². The number of rotatable bonds is 4. The molecule has 1 fully saturated rings. The smallest absolute Gasteiger partial charge is 0.339 e. The highest BCUT2D eigenvalue weighted by atomic mass is 16.5. The molecule has 1 aromatic heterocycles. The molecule has 6 heteroatoms. The van der Waals surface area contributed by atoms with Crippen LogP contribution in [0.4, 0.5) is 0 Å². The van der Waals surface area contributed by atoms with Crippen LogP contribution in [0.2, 0.25) is 0 Å². The van der Waals surface area contributed by atoms with Gasteiger partial charge in [-0.1, -0.05) is 6.07 Å². The molecule has 1 aliphatic rings. The summed E-state index contributed by atoms with van der Waals surface area (Å²) in [5.74, 6) is 1.58. The van der Waals surface area contributed by atoms with Crippen molar-refractivity contribution >= 4 is 5.91 Å². The minimum atomic E-state index is -0.438. The van der Waals surface area contributed by atoms with Crippen molar-refractivity contribution in [1.29, 1.82) is 0 Å². The summed E-state index contributed by atoms with van der Waals surface area (Å²) >= 11 is 0. The average molecular weight is 329 g/mol. The van der Waals surface area contributed by atoms with E-state index in [2.05, 4.69) is 0 Å². The molecule has 1 saturated heterocycles. The van der Waals surface area contributed by atoms with Crippen LogP contribution in [0.5, 0.6) is 11.5 Å². The van der Waals surface area contributed by atoms with Gasteiger partial charge in [0.25, 0.3) is 5.91 Å². The van der Waals surface area contributed by atoms with E-state index in [9.17, 15) is 9.59 Å². The third kappa shape index (κ3) is 3.59. The zero-order chi connectivity index (χ0) is 17.1. The van der Waals surface area contributed by atoms with Crippen LogP contribution in [-0.4, -0.2) is 37.1 Å². The maximum Gasteiger partial charge on any atom is 0.339 e. The Kier molecular flexibility index (Phi) is 4.55. The number of benzene rings is 1. The first kappa shape index (κ1) is 16.1. The Morgan fingerprint density at radius 1 is 1.25 bits per heavy atom. The minimum absolute atomic E-state index is 0.0521. The molecule has 1 amide bonds.